The Morgan fingerprint density at radius 1 is 1.12 bits per heavy atom. The number of phenolic OH excluding ortho intramolecular Hbond substituents is 1. The highest BCUT2D eigenvalue weighted by atomic mass is 16.3. The number of amides is 1. The SMILES string of the molecule is C[C@@H](NC(=O)Cc1ccc(-c2ccc(O)cc2)cn1)C1CCCCC1. The summed E-state index contributed by atoms with van der Waals surface area (Å²) in [6, 6.07) is 11.1. The van der Waals surface area contributed by atoms with Crippen molar-refractivity contribution in [1.29, 1.82) is 0 Å². The molecule has 25 heavy (non-hydrogen) atoms. The Hall–Kier alpha value is -2.36. The second-order valence-corrected chi connectivity index (χ2v) is 7.02. The first kappa shape index (κ1) is 17.5. The molecule has 4 nitrogen and oxygen atoms in total. The van der Waals surface area contributed by atoms with Crippen LogP contribution in [-0.2, 0) is 11.2 Å². The summed E-state index contributed by atoms with van der Waals surface area (Å²) < 4.78 is 0. The number of benzene rings is 1. The van der Waals surface area contributed by atoms with E-state index in [9.17, 15) is 9.90 Å². The van der Waals surface area contributed by atoms with E-state index in [1.807, 2.05) is 24.3 Å². The topological polar surface area (TPSA) is 62.2 Å². The van der Waals surface area contributed by atoms with Crippen LogP contribution in [0.1, 0.15) is 44.7 Å². The van der Waals surface area contributed by atoms with Crippen LogP contribution in [0.5, 0.6) is 5.75 Å². The van der Waals surface area contributed by atoms with Crippen molar-refractivity contribution in [3.8, 4) is 16.9 Å². The summed E-state index contributed by atoms with van der Waals surface area (Å²) in [7, 11) is 0. The van der Waals surface area contributed by atoms with E-state index >= 15 is 0 Å². The van der Waals surface area contributed by atoms with Gasteiger partial charge in [-0.15, -0.1) is 0 Å². The van der Waals surface area contributed by atoms with E-state index in [2.05, 4.69) is 17.2 Å². The van der Waals surface area contributed by atoms with Gasteiger partial charge in [-0.05, 0) is 49.4 Å². The van der Waals surface area contributed by atoms with Crippen molar-refractivity contribution in [2.75, 3.05) is 0 Å². The molecular weight excluding hydrogens is 312 g/mol. The third-order valence-corrected chi connectivity index (χ3v) is 5.11. The van der Waals surface area contributed by atoms with E-state index in [4.69, 9.17) is 0 Å². The summed E-state index contributed by atoms with van der Waals surface area (Å²) in [6.45, 7) is 2.12. The van der Waals surface area contributed by atoms with Crippen LogP contribution in [0, 0.1) is 5.92 Å². The summed E-state index contributed by atoms with van der Waals surface area (Å²) in [6.07, 6.45) is 8.43. The average Bonchev–Trinajstić information content (AvgIpc) is 2.64. The molecule has 1 atom stereocenters. The number of aromatic hydroxyl groups is 1. The zero-order valence-corrected chi connectivity index (χ0v) is 14.7. The van der Waals surface area contributed by atoms with Gasteiger partial charge >= 0.3 is 0 Å². The smallest absolute Gasteiger partial charge is 0.226 e. The normalized spacial score (nSPS) is 16.4. The second kappa shape index (κ2) is 8.15. The number of hydrogen-bond donors (Lipinski definition) is 2. The molecule has 3 rings (SSSR count). The number of carbonyl (C=O) groups excluding carboxylic acids is 1. The highest BCUT2D eigenvalue weighted by molar-refractivity contribution is 5.78. The first-order valence-corrected chi connectivity index (χ1v) is 9.15. The van der Waals surface area contributed by atoms with Crippen molar-refractivity contribution in [2.45, 2.75) is 51.5 Å². The Balaban J connectivity index is 1.55. The molecule has 0 aliphatic heterocycles. The van der Waals surface area contributed by atoms with Crippen molar-refractivity contribution < 1.29 is 9.90 Å². The Morgan fingerprint density at radius 3 is 2.44 bits per heavy atom. The number of nitrogens with zero attached hydrogens (tertiary/aromatic N) is 1. The summed E-state index contributed by atoms with van der Waals surface area (Å²) in [5.41, 5.74) is 2.74. The van der Waals surface area contributed by atoms with E-state index in [-0.39, 0.29) is 17.7 Å². The molecule has 0 spiro atoms. The number of phenols is 1. The largest absolute Gasteiger partial charge is 0.508 e. The predicted octanol–water partition coefficient (Wildman–Crippen LogP) is 4.08. The van der Waals surface area contributed by atoms with Crippen LogP contribution in [0.2, 0.25) is 0 Å². The number of carbonyl (C=O) groups is 1. The Labute approximate surface area is 149 Å². The van der Waals surface area contributed by atoms with Gasteiger partial charge < -0.3 is 10.4 Å². The van der Waals surface area contributed by atoms with Gasteiger partial charge in [0.1, 0.15) is 5.75 Å². The number of pyridine rings is 1. The number of aromatic nitrogens is 1. The lowest BCUT2D eigenvalue weighted by molar-refractivity contribution is -0.121. The van der Waals surface area contributed by atoms with Gasteiger partial charge in [0.25, 0.3) is 0 Å². The quantitative estimate of drug-likeness (QED) is 0.863. The standard InChI is InChI=1S/C21H26N2O2/c1-15(16-5-3-2-4-6-16)23-21(25)13-19-10-7-18(14-22-19)17-8-11-20(24)12-9-17/h7-12,14-16,24H,2-6,13H2,1H3,(H,23,25)/t15-/m1/s1. The second-order valence-electron chi connectivity index (χ2n) is 7.02. The average molecular weight is 338 g/mol. The predicted molar refractivity (Wildman–Crippen MR) is 99.2 cm³/mol. The Morgan fingerprint density at radius 2 is 1.80 bits per heavy atom. The molecule has 132 valence electrons. The molecule has 0 unspecified atom stereocenters. The Bertz CT molecular complexity index is 689. The van der Waals surface area contributed by atoms with Gasteiger partial charge in [-0.2, -0.15) is 0 Å². The summed E-state index contributed by atoms with van der Waals surface area (Å²) in [5.74, 6) is 0.905. The molecule has 1 aliphatic carbocycles. The maximum absolute atomic E-state index is 12.3. The van der Waals surface area contributed by atoms with Crippen LogP contribution >= 0.6 is 0 Å². The van der Waals surface area contributed by atoms with Gasteiger partial charge in [0.05, 0.1) is 6.42 Å². The van der Waals surface area contributed by atoms with Crippen molar-refractivity contribution in [3.05, 3.63) is 48.3 Å². The first-order valence-electron chi connectivity index (χ1n) is 9.15. The zero-order valence-electron chi connectivity index (χ0n) is 14.7. The van der Waals surface area contributed by atoms with E-state index < -0.39 is 0 Å². The van der Waals surface area contributed by atoms with Crippen LogP contribution in [0.25, 0.3) is 11.1 Å². The van der Waals surface area contributed by atoms with Gasteiger partial charge in [0, 0.05) is 23.5 Å². The van der Waals surface area contributed by atoms with Crippen LogP contribution in [0.15, 0.2) is 42.6 Å². The lowest BCUT2D eigenvalue weighted by atomic mass is 9.84. The number of nitrogens with one attached hydrogen (secondary N) is 1. The molecule has 1 heterocycles. The fraction of sp³-hybridized carbons (Fsp3) is 0.429. The minimum Gasteiger partial charge on any atom is -0.508 e. The molecule has 1 aromatic heterocycles. The lowest BCUT2D eigenvalue weighted by Crippen LogP contribution is -2.39. The third kappa shape index (κ3) is 4.81. The van der Waals surface area contributed by atoms with E-state index in [0.29, 0.717) is 12.3 Å². The minimum absolute atomic E-state index is 0.0444. The third-order valence-electron chi connectivity index (χ3n) is 5.11. The number of hydrogen-bond acceptors (Lipinski definition) is 3. The highest BCUT2D eigenvalue weighted by Gasteiger charge is 2.21. The monoisotopic (exact) mass is 338 g/mol. The molecule has 0 bridgehead atoms. The maximum Gasteiger partial charge on any atom is 0.226 e. The molecule has 0 radical (unpaired) electrons. The molecule has 0 saturated heterocycles. The molecule has 1 aliphatic rings. The fourth-order valence-electron chi connectivity index (χ4n) is 3.58. The summed E-state index contributed by atoms with van der Waals surface area (Å²) >= 11 is 0. The van der Waals surface area contributed by atoms with Crippen LogP contribution < -0.4 is 5.32 Å². The molecule has 2 N–H and O–H groups in total. The van der Waals surface area contributed by atoms with Gasteiger partial charge in [0.2, 0.25) is 5.91 Å². The van der Waals surface area contributed by atoms with E-state index in [1.165, 1.54) is 32.1 Å². The van der Waals surface area contributed by atoms with Crippen LogP contribution in [-0.4, -0.2) is 22.0 Å². The van der Waals surface area contributed by atoms with E-state index in [1.54, 1.807) is 18.3 Å². The molecule has 1 fully saturated rings. The Kier molecular flexibility index (Phi) is 5.69. The molecular formula is C21H26N2O2. The summed E-state index contributed by atoms with van der Waals surface area (Å²) in [5, 5.41) is 12.5. The van der Waals surface area contributed by atoms with Crippen molar-refractivity contribution in [1.82, 2.24) is 10.3 Å². The molecule has 1 aromatic carbocycles. The van der Waals surface area contributed by atoms with Gasteiger partial charge in [-0.3, -0.25) is 9.78 Å². The fourth-order valence-corrected chi connectivity index (χ4v) is 3.58. The van der Waals surface area contributed by atoms with Crippen LogP contribution in [0.3, 0.4) is 0 Å². The van der Waals surface area contributed by atoms with Crippen molar-refractivity contribution in [2.24, 2.45) is 5.92 Å². The molecule has 2 aromatic rings. The van der Waals surface area contributed by atoms with Crippen molar-refractivity contribution in [3.63, 3.8) is 0 Å². The van der Waals surface area contributed by atoms with Gasteiger partial charge in [-0.25, -0.2) is 0 Å². The maximum atomic E-state index is 12.3. The number of rotatable bonds is 5. The zero-order chi connectivity index (χ0) is 17.6. The molecule has 1 saturated carbocycles. The van der Waals surface area contributed by atoms with Crippen LogP contribution in [0.4, 0.5) is 0 Å². The van der Waals surface area contributed by atoms with Gasteiger partial charge in [-0.1, -0.05) is 37.5 Å². The molecule has 1 amide bonds. The van der Waals surface area contributed by atoms with Crippen molar-refractivity contribution >= 4 is 5.91 Å². The highest BCUT2D eigenvalue weighted by Crippen LogP contribution is 2.26. The van der Waals surface area contributed by atoms with Gasteiger partial charge in [0.15, 0.2) is 0 Å². The van der Waals surface area contributed by atoms with E-state index in [0.717, 1.165) is 16.8 Å². The molecule has 4 heteroatoms. The minimum atomic E-state index is 0.0444. The lowest BCUT2D eigenvalue weighted by Gasteiger charge is -2.28. The first-order chi connectivity index (χ1) is 12.1. The summed E-state index contributed by atoms with van der Waals surface area (Å²) in [4.78, 5) is 16.7.